The molecule has 30 heavy (non-hydrogen) atoms. The third-order valence-electron chi connectivity index (χ3n) is 5.73. The van der Waals surface area contributed by atoms with Crippen LogP contribution in [-0.4, -0.2) is 49.8 Å². The standard InChI is InChI=1S/C23H26N2O4S/c1-28-16-9-10-17(20(14-16)29-2)18-7-5-12-24(18)22(26)11-13-25-19-6-3-4-8-21(19)30-15-23(25)27/h3-4,6,8-10,14,18H,5,7,11-13,15H2,1-2H3/t18-/m1/s1. The highest BCUT2D eigenvalue weighted by molar-refractivity contribution is 8.00. The zero-order valence-electron chi connectivity index (χ0n) is 17.3. The van der Waals surface area contributed by atoms with Gasteiger partial charge >= 0.3 is 0 Å². The van der Waals surface area contributed by atoms with E-state index in [2.05, 4.69) is 0 Å². The predicted molar refractivity (Wildman–Crippen MR) is 117 cm³/mol. The summed E-state index contributed by atoms with van der Waals surface area (Å²) in [6, 6.07) is 13.6. The molecule has 1 fully saturated rings. The largest absolute Gasteiger partial charge is 0.497 e. The van der Waals surface area contributed by atoms with Gasteiger partial charge in [0.1, 0.15) is 11.5 Å². The Morgan fingerprint density at radius 2 is 2.00 bits per heavy atom. The number of fused-ring (bicyclic) bond motifs is 1. The third-order valence-corrected chi connectivity index (χ3v) is 6.78. The molecule has 158 valence electrons. The molecular formula is C23H26N2O4S. The fraction of sp³-hybridized carbons (Fsp3) is 0.391. The monoisotopic (exact) mass is 426 g/mol. The van der Waals surface area contributed by atoms with E-state index in [1.165, 1.54) is 0 Å². The van der Waals surface area contributed by atoms with E-state index in [9.17, 15) is 9.59 Å². The summed E-state index contributed by atoms with van der Waals surface area (Å²) in [5.41, 5.74) is 1.90. The van der Waals surface area contributed by atoms with Crippen molar-refractivity contribution in [1.29, 1.82) is 0 Å². The first kappa shape index (κ1) is 20.6. The van der Waals surface area contributed by atoms with Crippen LogP contribution in [0.1, 0.15) is 30.9 Å². The van der Waals surface area contributed by atoms with Gasteiger partial charge in [0.2, 0.25) is 11.8 Å². The van der Waals surface area contributed by atoms with Gasteiger partial charge in [0.05, 0.1) is 31.7 Å². The molecule has 1 atom stereocenters. The Morgan fingerprint density at radius 3 is 2.80 bits per heavy atom. The third kappa shape index (κ3) is 3.99. The molecule has 0 saturated carbocycles. The highest BCUT2D eigenvalue weighted by atomic mass is 32.2. The van der Waals surface area contributed by atoms with Crippen molar-refractivity contribution in [2.75, 3.05) is 38.0 Å². The molecule has 2 aromatic rings. The molecule has 0 N–H and O–H groups in total. The number of hydrogen-bond donors (Lipinski definition) is 0. The van der Waals surface area contributed by atoms with Gasteiger partial charge in [-0.3, -0.25) is 9.59 Å². The van der Waals surface area contributed by atoms with Crippen molar-refractivity contribution in [2.24, 2.45) is 0 Å². The van der Waals surface area contributed by atoms with Gasteiger partial charge < -0.3 is 19.3 Å². The second-order valence-electron chi connectivity index (χ2n) is 7.40. The zero-order valence-corrected chi connectivity index (χ0v) is 18.1. The molecule has 6 nitrogen and oxygen atoms in total. The molecule has 7 heteroatoms. The molecular weight excluding hydrogens is 400 g/mol. The summed E-state index contributed by atoms with van der Waals surface area (Å²) in [7, 11) is 3.26. The maximum atomic E-state index is 13.1. The van der Waals surface area contributed by atoms with Gasteiger partial charge in [-0.15, -0.1) is 11.8 Å². The minimum atomic E-state index is -0.0155. The summed E-state index contributed by atoms with van der Waals surface area (Å²) in [4.78, 5) is 30.4. The minimum absolute atomic E-state index is 0.0155. The van der Waals surface area contributed by atoms with E-state index < -0.39 is 0 Å². The Hall–Kier alpha value is -2.67. The van der Waals surface area contributed by atoms with Gasteiger partial charge in [0, 0.05) is 36.0 Å². The maximum Gasteiger partial charge on any atom is 0.237 e. The summed E-state index contributed by atoms with van der Waals surface area (Å²) in [6.07, 6.45) is 2.16. The first-order valence-electron chi connectivity index (χ1n) is 10.2. The summed E-state index contributed by atoms with van der Waals surface area (Å²) >= 11 is 1.55. The lowest BCUT2D eigenvalue weighted by molar-refractivity contribution is -0.132. The van der Waals surface area contributed by atoms with Crippen LogP contribution in [0.5, 0.6) is 11.5 Å². The SMILES string of the molecule is COc1ccc([C@H]2CCCN2C(=O)CCN2C(=O)CSc3ccccc32)c(OC)c1. The van der Waals surface area contributed by atoms with Crippen LogP contribution in [-0.2, 0) is 9.59 Å². The number of hydrogen-bond acceptors (Lipinski definition) is 5. The van der Waals surface area contributed by atoms with E-state index in [0.717, 1.165) is 47.0 Å². The summed E-state index contributed by atoms with van der Waals surface area (Å²) in [5.74, 6) is 2.00. The Balaban J connectivity index is 1.48. The first-order chi connectivity index (χ1) is 14.6. The molecule has 0 unspecified atom stereocenters. The summed E-state index contributed by atoms with van der Waals surface area (Å²) in [5, 5.41) is 0. The average Bonchev–Trinajstić information content (AvgIpc) is 3.27. The van der Waals surface area contributed by atoms with Crippen molar-refractivity contribution in [2.45, 2.75) is 30.2 Å². The van der Waals surface area contributed by atoms with Gasteiger partial charge in [-0.1, -0.05) is 12.1 Å². The van der Waals surface area contributed by atoms with Crippen molar-refractivity contribution >= 4 is 29.3 Å². The molecule has 2 amide bonds. The summed E-state index contributed by atoms with van der Waals surface area (Å²) in [6.45, 7) is 1.12. The second kappa shape index (κ2) is 9.00. The number of carbonyl (C=O) groups excluding carboxylic acids is 2. The van der Waals surface area contributed by atoms with Crippen molar-refractivity contribution in [3.63, 3.8) is 0 Å². The normalized spacial score (nSPS) is 18.3. The molecule has 0 radical (unpaired) electrons. The zero-order chi connectivity index (χ0) is 21.1. The van der Waals surface area contributed by atoms with Gasteiger partial charge in [0.15, 0.2) is 0 Å². The molecule has 1 saturated heterocycles. The van der Waals surface area contributed by atoms with Crippen LogP contribution < -0.4 is 14.4 Å². The van der Waals surface area contributed by atoms with E-state index in [0.29, 0.717) is 18.7 Å². The van der Waals surface area contributed by atoms with Crippen molar-refractivity contribution in [3.05, 3.63) is 48.0 Å². The van der Waals surface area contributed by atoms with Crippen LogP contribution >= 0.6 is 11.8 Å². The number of amides is 2. The number of para-hydroxylation sites is 1. The second-order valence-corrected chi connectivity index (χ2v) is 8.42. The number of methoxy groups -OCH3 is 2. The molecule has 2 aliphatic rings. The van der Waals surface area contributed by atoms with Crippen LogP contribution in [0.4, 0.5) is 5.69 Å². The number of benzene rings is 2. The Labute approximate surface area is 181 Å². The summed E-state index contributed by atoms with van der Waals surface area (Å²) < 4.78 is 10.9. The molecule has 0 aromatic heterocycles. The molecule has 2 aromatic carbocycles. The number of thioether (sulfide) groups is 1. The van der Waals surface area contributed by atoms with Gasteiger partial charge in [0.25, 0.3) is 0 Å². The van der Waals surface area contributed by atoms with Crippen molar-refractivity contribution in [1.82, 2.24) is 4.90 Å². The number of rotatable bonds is 6. The maximum absolute atomic E-state index is 13.1. The molecule has 2 aliphatic heterocycles. The Bertz CT molecular complexity index is 949. The van der Waals surface area contributed by atoms with Crippen LogP contribution in [0.3, 0.4) is 0 Å². The van der Waals surface area contributed by atoms with Gasteiger partial charge in [-0.05, 0) is 37.1 Å². The molecule has 0 aliphatic carbocycles. The Kier molecular flexibility index (Phi) is 6.18. The van der Waals surface area contributed by atoms with Crippen LogP contribution in [0.15, 0.2) is 47.4 Å². The smallest absolute Gasteiger partial charge is 0.237 e. The van der Waals surface area contributed by atoms with Gasteiger partial charge in [-0.2, -0.15) is 0 Å². The molecule has 2 heterocycles. The lowest BCUT2D eigenvalue weighted by atomic mass is 10.0. The Morgan fingerprint density at radius 1 is 1.17 bits per heavy atom. The number of anilines is 1. The lowest BCUT2D eigenvalue weighted by Crippen LogP contribution is -2.39. The highest BCUT2D eigenvalue weighted by Gasteiger charge is 2.33. The fourth-order valence-corrected chi connectivity index (χ4v) is 5.17. The highest BCUT2D eigenvalue weighted by Crippen LogP contribution is 2.39. The molecule has 0 bridgehead atoms. The van der Waals surface area contributed by atoms with E-state index >= 15 is 0 Å². The van der Waals surface area contributed by atoms with E-state index in [4.69, 9.17) is 9.47 Å². The lowest BCUT2D eigenvalue weighted by Gasteiger charge is -2.30. The van der Waals surface area contributed by atoms with Crippen LogP contribution in [0.25, 0.3) is 0 Å². The molecule has 0 spiro atoms. The fourth-order valence-electron chi connectivity index (χ4n) is 4.23. The molecule has 4 rings (SSSR count). The van der Waals surface area contributed by atoms with E-state index in [1.807, 2.05) is 47.4 Å². The quantitative estimate of drug-likeness (QED) is 0.701. The predicted octanol–water partition coefficient (Wildman–Crippen LogP) is 3.90. The van der Waals surface area contributed by atoms with Crippen molar-refractivity contribution in [3.8, 4) is 11.5 Å². The number of likely N-dealkylation sites (tertiary alicyclic amines) is 1. The topological polar surface area (TPSA) is 59.1 Å². The van der Waals surface area contributed by atoms with Crippen LogP contribution in [0, 0.1) is 0 Å². The van der Waals surface area contributed by atoms with Crippen LogP contribution in [0.2, 0.25) is 0 Å². The minimum Gasteiger partial charge on any atom is -0.497 e. The van der Waals surface area contributed by atoms with E-state index in [-0.39, 0.29) is 17.9 Å². The number of ether oxygens (including phenoxy) is 2. The number of nitrogens with zero attached hydrogens (tertiary/aromatic N) is 2. The van der Waals surface area contributed by atoms with Crippen molar-refractivity contribution < 1.29 is 19.1 Å². The van der Waals surface area contributed by atoms with Gasteiger partial charge in [-0.25, -0.2) is 0 Å². The average molecular weight is 427 g/mol. The van der Waals surface area contributed by atoms with E-state index in [1.54, 1.807) is 30.9 Å². The first-order valence-corrected chi connectivity index (χ1v) is 11.1. The number of carbonyl (C=O) groups is 2.